The fourth-order valence-electron chi connectivity index (χ4n) is 2.39. The minimum absolute atomic E-state index is 0.0289. The summed E-state index contributed by atoms with van der Waals surface area (Å²) in [4.78, 5) is 9.56. The number of alkyl halides is 2. The molecule has 0 saturated carbocycles. The number of terminal acetylenes is 1. The maximum absolute atomic E-state index is 12.9. The topological polar surface area (TPSA) is 30.7 Å². The molecule has 0 radical (unpaired) electrons. The fraction of sp³-hybridized carbons (Fsp3) is 0.176. The van der Waals surface area contributed by atoms with E-state index in [2.05, 4.69) is 15.9 Å². The average molecular weight is 329 g/mol. The summed E-state index contributed by atoms with van der Waals surface area (Å²) >= 11 is 1.50. The van der Waals surface area contributed by atoms with E-state index in [4.69, 9.17) is 6.42 Å². The van der Waals surface area contributed by atoms with Gasteiger partial charge in [0.25, 0.3) is 6.43 Å². The summed E-state index contributed by atoms with van der Waals surface area (Å²) in [6.07, 6.45) is 6.23. The van der Waals surface area contributed by atoms with Crippen LogP contribution in [0.25, 0.3) is 22.4 Å². The van der Waals surface area contributed by atoms with Crippen molar-refractivity contribution in [3.05, 3.63) is 42.2 Å². The van der Waals surface area contributed by atoms with Crippen LogP contribution in [0.5, 0.6) is 0 Å². The van der Waals surface area contributed by atoms with Crippen molar-refractivity contribution in [2.75, 3.05) is 5.75 Å². The Morgan fingerprint density at radius 1 is 1.35 bits per heavy atom. The zero-order chi connectivity index (χ0) is 16.4. The van der Waals surface area contributed by atoms with Gasteiger partial charge in [-0.1, -0.05) is 12.0 Å². The summed E-state index contributed by atoms with van der Waals surface area (Å²) in [5, 5.41) is 0. The van der Waals surface area contributed by atoms with E-state index < -0.39 is 6.43 Å². The SMILES string of the molecule is C#CCSc1cnccc1-c1nc2cc(C(F)F)ccc2n1C. The van der Waals surface area contributed by atoms with E-state index in [9.17, 15) is 8.78 Å². The zero-order valence-electron chi connectivity index (χ0n) is 12.3. The monoisotopic (exact) mass is 329 g/mol. The van der Waals surface area contributed by atoms with E-state index in [0.29, 0.717) is 17.1 Å². The van der Waals surface area contributed by atoms with Gasteiger partial charge in [0.05, 0.1) is 16.8 Å². The van der Waals surface area contributed by atoms with Crippen molar-refractivity contribution in [1.29, 1.82) is 0 Å². The van der Waals surface area contributed by atoms with Crippen molar-refractivity contribution in [1.82, 2.24) is 14.5 Å². The molecule has 0 saturated heterocycles. The van der Waals surface area contributed by atoms with Crippen LogP contribution in [0.2, 0.25) is 0 Å². The maximum atomic E-state index is 12.9. The van der Waals surface area contributed by atoms with Crippen LogP contribution >= 0.6 is 11.8 Å². The molecule has 3 rings (SSSR count). The summed E-state index contributed by atoms with van der Waals surface area (Å²) in [6.45, 7) is 0. The van der Waals surface area contributed by atoms with E-state index in [1.807, 2.05) is 17.7 Å². The number of rotatable bonds is 4. The van der Waals surface area contributed by atoms with Crippen molar-refractivity contribution in [2.24, 2.45) is 7.05 Å². The molecular formula is C17H13F2N3S. The fourth-order valence-corrected chi connectivity index (χ4v) is 3.08. The molecule has 0 atom stereocenters. The Balaban J connectivity index is 2.14. The maximum Gasteiger partial charge on any atom is 0.263 e. The van der Waals surface area contributed by atoms with Crippen LogP contribution in [-0.4, -0.2) is 20.3 Å². The van der Waals surface area contributed by atoms with E-state index >= 15 is 0 Å². The average Bonchev–Trinajstić information content (AvgIpc) is 2.89. The zero-order valence-corrected chi connectivity index (χ0v) is 13.1. The molecule has 0 N–H and O–H groups in total. The third kappa shape index (κ3) is 2.92. The molecule has 0 amide bonds. The van der Waals surface area contributed by atoms with Gasteiger partial charge in [0, 0.05) is 35.5 Å². The third-order valence-electron chi connectivity index (χ3n) is 3.49. The van der Waals surface area contributed by atoms with Gasteiger partial charge >= 0.3 is 0 Å². The highest BCUT2D eigenvalue weighted by atomic mass is 32.2. The Morgan fingerprint density at radius 2 is 2.17 bits per heavy atom. The highest BCUT2D eigenvalue weighted by Crippen LogP contribution is 2.32. The van der Waals surface area contributed by atoms with Crippen molar-refractivity contribution < 1.29 is 8.78 Å². The number of benzene rings is 1. The summed E-state index contributed by atoms with van der Waals surface area (Å²) < 4.78 is 27.6. The minimum Gasteiger partial charge on any atom is -0.327 e. The van der Waals surface area contributed by atoms with Gasteiger partial charge in [-0.3, -0.25) is 4.98 Å². The molecule has 0 fully saturated rings. The Kier molecular flexibility index (Phi) is 4.30. The van der Waals surface area contributed by atoms with Gasteiger partial charge in [0.2, 0.25) is 0 Å². The number of imidazole rings is 1. The van der Waals surface area contributed by atoms with E-state index in [-0.39, 0.29) is 5.56 Å². The molecule has 3 aromatic rings. The first-order chi connectivity index (χ1) is 11.1. The van der Waals surface area contributed by atoms with Crippen LogP contribution in [0, 0.1) is 12.3 Å². The molecule has 116 valence electrons. The van der Waals surface area contributed by atoms with Gasteiger partial charge in [-0.15, -0.1) is 18.2 Å². The van der Waals surface area contributed by atoms with Gasteiger partial charge in [0.15, 0.2) is 0 Å². The van der Waals surface area contributed by atoms with E-state index in [1.165, 1.54) is 23.9 Å². The minimum atomic E-state index is -2.51. The van der Waals surface area contributed by atoms with Crippen molar-refractivity contribution in [3.63, 3.8) is 0 Å². The molecule has 0 aliphatic rings. The molecular weight excluding hydrogens is 316 g/mol. The van der Waals surface area contributed by atoms with Gasteiger partial charge in [-0.2, -0.15) is 0 Å². The summed E-state index contributed by atoms with van der Waals surface area (Å²) in [6, 6.07) is 6.38. The molecule has 1 aromatic carbocycles. The lowest BCUT2D eigenvalue weighted by atomic mass is 10.2. The van der Waals surface area contributed by atoms with Gasteiger partial charge in [-0.25, -0.2) is 13.8 Å². The van der Waals surface area contributed by atoms with Crippen LogP contribution in [0.15, 0.2) is 41.6 Å². The van der Waals surface area contributed by atoms with Crippen molar-refractivity contribution >= 4 is 22.8 Å². The molecule has 6 heteroatoms. The number of hydrogen-bond donors (Lipinski definition) is 0. The molecule has 0 unspecified atom stereocenters. The molecule has 2 heterocycles. The Labute approximate surface area is 136 Å². The van der Waals surface area contributed by atoms with Gasteiger partial charge in [-0.05, 0) is 18.2 Å². The predicted octanol–water partition coefficient (Wildman–Crippen LogP) is 4.30. The second-order valence-corrected chi connectivity index (χ2v) is 5.93. The first-order valence-electron chi connectivity index (χ1n) is 6.87. The Bertz CT molecular complexity index is 896. The number of thioether (sulfide) groups is 1. The Morgan fingerprint density at radius 3 is 2.91 bits per heavy atom. The first kappa shape index (κ1) is 15.5. The highest BCUT2D eigenvalue weighted by molar-refractivity contribution is 7.99. The number of nitrogens with zero attached hydrogens (tertiary/aromatic N) is 3. The summed E-state index contributed by atoms with van der Waals surface area (Å²) in [5.41, 5.74) is 2.20. The molecule has 0 aliphatic carbocycles. The predicted molar refractivity (Wildman–Crippen MR) is 88.5 cm³/mol. The molecule has 0 aliphatic heterocycles. The molecule has 3 nitrogen and oxygen atoms in total. The molecule has 23 heavy (non-hydrogen) atoms. The number of aryl methyl sites for hydroxylation is 1. The van der Waals surface area contributed by atoms with Crippen LogP contribution in [-0.2, 0) is 7.05 Å². The second-order valence-electron chi connectivity index (χ2n) is 4.91. The van der Waals surface area contributed by atoms with Crippen LogP contribution in [0.3, 0.4) is 0 Å². The van der Waals surface area contributed by atoms with Crippen LogP contribution in [0.4, 0.5) is 8.78 Å². The van der Waals surface area contributed by atoms with E-state index in [0.717, 1.165) is 16.0 Å². The lowest BCUT2D eigenvalue weighted by molar-refractivity contribution is 0.151. The van der Waals surface area contributed by atoms with Crippen LogP contribution < -0.4 is 0 Å². The van der Waals surface area contributed by atoms with E-state index in [1.54, 1.807) is 18.5 Å². The van der Waals surface area contributed by atoms with Crippen LogP contribution in [0.1, 0.15) is 12.0 Å². The normalized spacial score (nSPS) is 11.1. The molecule has 0 bridgehead atoms. The van der Waals surface area contributed by atoms with Gasteiger partial charge in [0.1, 0.15) is 5.82 Å². The number of hydrogen-bond acceptors (Lipinski definition) is 3. The molecule has 0 spiro atoms. The highest BCUT2D eigenvalue weighted by Gasteiger charge is 2.15. The van der Waals surface area contributed by atoms with Crippen molar-refractivity contribution in [2.45, 2.75) is 11.3 Å². The standard InChI is InChI=1S/C17H13F2N3S/c1-3-8-23-15-10-20-7-6-12(15)17-21-13-9-11(16(18)19)4-5-14(13)22(17)2/h1,4-7,9-10,16H,8H2,2H3. The lowest BCUT2D eigenvalue weighted by Crippen LogP contribution is -1.95. The van der Waals surface area contributed by atoms with Gasteiger partial charge < -0.3 is 4.57 Å². The first-order valence-corrected chi connectivity index (χ1v) is 7.85. The number of fused-ring (bicyclic) bond motifs is 1. The summed E-state index contributed by atoms with van der Waals surface area (Å²) in [5.74, 6) is 3.81. The summed E-state index contributed by atoms with van der Waals surface area (Å²) in [7, 11) is 1.86. The number of halogens is 2. The largest absolute Gasteiger partial charge is 0.327 e. The Hall–Kier alpha value is -2.39. The van der Waals surface area contributed by atoms with Crippen molar-refractivity contribution in [3.8, 4) is 23.7 Å². The molecule has 2 aromatic heterocycles. The quantitative estimate of drug-likeness (QED) is 0.528. The number of aromatic nitrogens is 3. The smallest absolute Gasteiger partial charge is 0.263 e. The number of pyridine rings is 1. The second kappa shape index (κ2) is 6.39. The third-order valence-corrected chi connectivity index (χ3v) is 4.44. The lowest BCUT2D eigenvalue weighted by Gasteiger charge is -2.07.